The van der Waals surface area contributed by atoms with Crippen LogP contribution in [-0.2, 0) is 0 Å². The van der Waals surface area contributed by atoms with Gasteiger partial charge in [-0.2, -0.15) is 8.75 Å². The van der Waals surface area contributed by atoms with Crippen molar-refractivity contribution in [2.24, 2.45) is 0 Å². The molecule has 106 valence electrons. The van der Waals surface area contributed by atoms with E-state index in [0.717, 1.165) is 18.1 Å². The number of nitrogen functional groups attached to an aromatic ring is 1. The molecule has 0 fully saturated rings. The Morgan fingerprint density at radius 1 is 1.33 bits per heavy atom. The largest absolute Gasteiger partial charge is 0.378 e. The van der Waals surface area contributed by atoms with Gasteiger partial charge >= 0.3 is 5.69 Å². The third-order valence-corrected chi connectivity index (χ3v) is 3.51. The molecule has 3 N–H and O–H groups in total. The molecule has 0 saturated heterocycles. The number of halogens is 1. The van der Waals surface area contributed by atoms with E-state index in [2.05, 4.69) is 24.0 Å². The molecule has 0 bridgehead atoms. The van der Waals surface area contributed by atoms with E-state index in [1.165, 1.54) is 0 Å². The van der Waals surface area contributed by atoms with Gasteiger partial charge in [-0.05, 0) is 12.1 Å². The van der Waals surface area contributed by atoms with Gasteiger partial charge in [-0.25, -0.2) is 9.97 Å². The van der Waals surface area contributed by atoms with Gasteiger partial charge in [0, 0.05) is 0 Å². The summed E-state index contributed by atoms with van der Waals surface area (Å²) in [6, 6.07) is 3.32. The van der Waals surface area contributed by atoms with Crippen LogP contribution in [-0.4, -0.2) is 23.6 Å². The quantitative estimate of drug-likeness (QED) is 0.554. The van der Waals surface area contributed by atoms with E-state index in [0.29, 0.717) is 21.7 Å². The second-order valence-electron chi connectivity index (χ2n) is 3.89. The van der Waals surface area contributed by atoms with E-state index in [4.69, 9.17) is 17.3 Å². The molecule has 0 aliphatic rings. The van der Waals surface area contributed by atoms with Gasteiger partial charge in [-0.3, -0.25) is 10.1 Å². The second-order valence-corrected chi connectivity index (χ2v) is 4.83. The highest BCUT2D eigenvalue weighted by molar-refractivity contribution is 7.00. The van der Waals surface area contributed by atoms with Gasteiger partial charge in [0.25, 0.3) is 0 Å². The van der Waals surface area contributed by atoms with E-state index in [1.807, 2.05) is 0 Å². The Bertz CT molecular complexity index is 853. The summed E-state index contributed by atoms with van der Waals surface area (Å²) < 4.78 is 8.19. The lowest BCUT2D eigenvalue weighted by atomic mass is 10.2. The predicted molar refractivity (Wildman–Crippen MR) is 78.8 cm³/mol. The van der Waals surface area contributed by atoms with E-state index >= 15 is 0 Å². The van der Waals surface area contributed by atoms with Crippen LogP contribution in [0.25, 0.3) is 11.0 Å². The molecule has 11 heteroatoms. The maximum Gasteiger partial charge on any atom is 0.353 e. The van der Waals surface area contributed by atoms with E-state index < -0.39 is 10.6 Å². The van der Waals surface area contributed by atoms with Crippen LogP contribution in [0.15, 0.2) is 18.5 Å². The Labute approximate surface area is 126 Å². The predicted octanol–water partition coefficient (Wildman–Crippen LogP) is 2.37. The number of nitrogens with two attached hydrogens (primary N) is 1. The van der Waals surface area contributed by atoms with Crippen LogP contribution in [0.3, 0.4) is 0 Å². The zero-order chi connectivity index (χ0) is 15.0. The number of benzene rings is 1. The Kier molecular flexibility index (Phi) is 3.23. The number of anilines is 3. The van der Waals surface area contributed by atoms with Gasteiger partial charge in [0.15, 0.2) is 0 Å². The van der Waals surface area contributed by atoms with Crippen LogP contribution >= 0.6 is 23.3 Å². The summed E-state index contributed by atoms with van der Waals surface area (Å²) in [4.78, 5) is 17.9. The van der Waals surface area contributed by atoms with Gasteiger partial charge < -0.3 is 11.1 Å². The molecule has 0 radical (unpaired) electrons. The topological polar surface area (TPSA) is 133 Å². The summed E-state index contributed by atoms with van der Waals surface area (Å²) >= 11 is 7.12. The molecule has 0 aliphatic carbocycles. The zero-order valence-corrected chi connectivity index (χ0v) is 11.7. The number of nitrogens with one attached hydrogen (secondary N) is 1. The van der Waals surface area contributed by atoms with Crippen molar-refractivity contribution in [2.45, 2.75) is 0 Å². The van der Waals surface area contributed by atoms with Crippen LogP contribution in [0.5, 0.6) is 0 Å². The Morgan fingerprint density at radius 3 is 2.90 bits per heavy atom. The molecular formula is C10H6ClN7O2S. The van der Waals surface area contributed by atoms with Crippen LogP contribution in [0.4, 0.5) is 23.0 Å². The van der Waals surface area contributed by atoms with Crippen LogP contribution in [0.1, 0.15) is 0 Å². The summed E-state index contributed by atoms with van der Waals surface area (Å²) in [7, 11) is 0. The maximum atomic E-state index is 11.1. The Morgan fingerprint density at radius 2 is 2.14 bits per heavy atom. The van der Waals surface area contributed by atoms with Gasteiger partial charge in [0.2, 0.25) is 11.6 Å². The molecule has 3 aromatic rings. The first-order chi connectivity index (χ1) is 10.1. The lowest BCUT2D eigenvalue weighted by molar-refractivity contribution is -0.383. The Balaban J connectivity index is 2.15. The Hall–Kier alpha value is -2.59. The number of aromatic nitrogens is 4. The minimum absolute atomic E-state index is 0.0603. The molecule has 2 aromatic heterocycles. The van der Waals surface area contributed by atoms with Gasteiger partial charge in [-0.1, -0.05) is 11.6 Å². The molecule has 0 atom stereocenters. The van der Waals surface area contributed by atoms with E-state index in [-0.39, 0.29) is 11.6 Å². The highest BCUT2D eigenvalue weighted by Gasteiger charge is 2.22. The number of hydrogen-bond donors (Lipinski definition) is 2. The van der Waals surface area contributed by atoms with Crippen molar-refractivity contribution in [2.75, 3.05) is 11.1 Å². The number of hydrogen-bond acceptors (Lipinski definition) is 9. The summed E-state index contributed by atoms with van der Waals surface area (Å²) in [5.74, 6) is -0.299. The normalized spacial score (nSPS) is 10.7. The van der Waals surface area contributed by atoms with Crippen molar-refractivity contribution in [1.29, 1.82) is 0 Å². The first-order valence-corrected chi connectivity index (χ1v) is 6.61. The van der Waals surface area contributed by atoms with Gasteiger partial charge in [0.05, 0.1) is 27.4 Å². The summed E-state index contributed by atoms with van der Waals surface area (Å²) in [6.45, 7) is 0. The standard InChI is InChI=1S/C10H6ClN7O2S/c11-4-1-2-5-7(17-21-16-5)6(4)15-10-8(18(19)20)9(12)13-3-14-10/h1-3H,(H3,12,13,14,15). The fraction of sp³-hybridized carbons (Fsp3) is 0. The third kappa shape index (κ3) is 2.30. The van der Waals surface area contributed by atoms with Crippen molar-refractivity contribution < 1.29 is 4.92 Å². The number of nitro groups is 1. The molecule has 3 rings (SSSR count). The van der Waals surface area contributed by atoms with Gasteiger partial charge in [-0.15, -0.1) is 0 Å². The fourth-order valence-corrected chi connectivity index (χ4v) is 2.47. The summed E-state index contributed by atoms with van der Waals surface area (Å²) in [5.41, 5.74) is 6.59. The van der Waals surface area contributed by atoms with Crippen LogP contribution in [0, 0.1) is 10.1 Å². The van der Waals surface area contributed by atoms with Crippen molar-refractivity contribution in [1.82, 2.24) is 18.7 Å². The van der Waals surface area contributed by atoms with E-state index in [1.54, 1.807) is 12.1 Å². The molecule has 0 amide bonds. The highest BCUT2D eigenvalue weighted by Crippen LogP contribution is 2.35. The average Bonchev–Trinajstić information content (AvgIpc) is 2.90. The van der Waals surface area contributed by atoms with Crippen molar-refractivity contribution in [3.63, 3.8) is 0 Å². The maximum absolute atomic E-state index is 11.1. The van der Waals surface area contributed by atoms with Crippen LogP contribution < -0.4 is 11.1 Å². The fourth-order valence-electron chi connectivity index (χ4n) is 1.73. The van der Waals surface area contributed by atoms with Crippen molar-refractivity contribution in [3.05, 3.63) is 33.6 Å². The lowest BCUT2D eigenvalue weighted by Gasteiger charge is -2.08. The SMILES string of the molecule is Nc1ncnc(Nc2c(Cl)ccc3nsnc23)c1[N+](=O)[O-]. The van der Waals surface area contributed by atoms with Crippen molar-refractivity contribution >= 4 is 57.4 Å². The molecule has 21 heavy (non-hydrogen) atoms. The molecule has 9 nitrogen and oxygen atoms in total. The minimum Gasteiger partial charge on any atom is -0.378 e. The third-order valence-electron chi connectivity index (χ3n) is 2.65. The van der Waals surface area contributed by atoms with Gasteiger partial charge in [0.1, 0.15) is 17.4 Å². The first kappa shape index (κ1) is 13.4. The molecular weight excluding hydrogens is 318 g/mol. The average molecular weight is 324 g/mol. The zero-order valence-electron chi connectivity index (χ0n) is 10.1. The monoisotopic (exact) mass is 323 g/mol. The molecule has 0 saturated carbocycles. The molecule has 1 aromatic carbocycles. The summed E-state index contributed by atoms with van der Waals surface area (Å²) in [5, 5.41) is 14.2. The number of fused-ring (bicyclic) bond motifs is 1. The second kappa shape index (κ2) is 5.07. The smallest absolute Gasteiger partial charge is 0.353 e. The highest BCUT2D eigenvalue weighted by atomic mass is 35.5. The minimum atomic E-state index is -0.662. The summed E-state index contributed by atoms with van der Waals surface area (Å²) in [6.07, 6.45) is 1.12. The van der Waals surface area contributed by atoms with Crippen LogP contribution in [0.2, 0.25) is 5.02 Å². The van der Waals surface area contributed by atoms with Crippen molar-refractivity contribution in [3.8, 4) is 0 Å². The number of rotatable bonds is 3. The van der Waals surface area contributed by atoms with E-state index in [9.17, 15) is 10.1 Å². The lowest BCUT2D eigenvalue weighted by Crippen LogP contribution is -2.05. The number of nitrogens with zero attached hydrogens (tertiary/aromatic N) is 5. The molecule has 0 spiro atoms. The molecule has 0 aliphatic heterocycles. The first-order valence-electron chi connectivity index (χ1n) is 5.50. The molecule has 2 heterocycles. The molecule has 0 unspecified atom stereocenters.